The van der Waals surface area contributed by atoms with E-state index in [0.717, 1.165) is 42.4 Å². The van der Waals surface area contributed by atoms with Gasteiger partial charge in [-0.05, 0) is 50.5 Å². The number of anilines is 1. The van der Waals surface area contributed by atoms with Crippen LogP contribution in [0.25, 0.3) is 16.6 Å². The van der Waals surface area contributed by atoms with Gasteiger partial charge in [-0.3, -0.25) is 9.69 Å². The Kier molecular flexibility index (Phi) is 5.28. The smallest absolute Gasteiger partial charge is 0.324 e. The van der Waals surface area contributed by atoms with Crippen molar-refractivity contribution < 1.29 is 14.0 Å². The molecule has 2 fully saturated rings. The van der Waals surface area contributed by atoms with Gasteiger partial charge in [0.2, 0.25) is 5.91 Å². The van der Waals surface area contributed by atoms with Crippen LogP contribution in [0.4, 0.5) is 14.9 Å². The second-order valence-corrected chi connectivity index (χ2v) is 8.51. The molecular weight excluding hydrogens is 409 g/mol. The maximum atomic E-state index is 14.4. The molecule has 2 saturated heterocycles. The number of urea groups is 1. The Labute approximate surface area is 186 Å². The Hall–Kier alpha value is -3.42. The quantitative estimate of drug-likeness (QED) is 0.626. The van der Waals surface area contributed by atoms with Gasteiger partial charge in [0.25, 0.3) is 0 Å². The molecule has 0 bridgehead atoms. The minimum atomic E-state index is -0.363. The van der Waals surface area contributed by atoms with Crippen LogP contribution in [0, 0.1) is 5.82 Å². The van der Waals surface area contributed by atoms with Gasteiger partial charge in [-0.1, -0.05) is 18.2 Å². The standard InChI is InChI=1S/C24H26FN5O2/c1-17-7-5-13-28(17)23(31)16-27-12-6-14-29(24(27)32)20-10-4-11-21-18(20)15-26-30(21)22-9-3-2-8-19(22)25/h2-4,8-11,15,17H,5-7,12-14,16H2,1H3/t17-/m0/s1. The van der Waals surface area contributed by atoms with Gasteiger partial charge < -0.3 is 9.80 Å². The molecule has 3 heterocycles. The Bertz CT molecular complexity index is 1180. The Morgan fingerprint density at radius 1 is 1.06 bits per heavy atom. The van der Waals surface area contributed by atoms with E-state index in [-0.39, 0.29) is 30.3 Å². The van der Waals surface area contributed by atoms with Crippen molar-refractivity contribution in [1.82, 2.24) is 19.6 Å². The average Bonchev–Trinajstić information content (AvgIpc) is 3.42. The van der Waals surface area contributed by atoms with Crippen LogP contribution in [0.5, 0.6) is 0 Å². The predicted molar refractivity (Wildman–Crippen MR) is 120 cm³/mol. The molecule has 3 aromatic rings. The molecule has 0 unspecified atom stereocenters. The van der Waals surface area contributed by atoms with Crippen molar-refractivity contribution in [3.63, 3.8) is 0 Å². The molecule has 7 nitrogen and oxygen atoms in total. The van der Waals surface area contributed by atoms with Gasteiger partial charge in [-0.15, -0.1) is 0 Å². The fourth-order valence-corrected chi connectivity index (χ4v) is 4.80. The van der Waals surface area contributed by atoms with E-state index in [1.807, 2.05) is 23.1 Å². The second-order valence-electron chi connectivity index (χ2n) is 8.51. The minimum Gasteiger partial charge on any atom is -0.338 e. The van der Waals surface area contributed by atoms with Gasteiger partial charge in [0, 0.05) is 31.1 Å². The van der Waals surface area contributed by atoms with Gasteiger partial charge in [0.1, 0.15) is 18.0 Å². The van der Waals surface area contributed by atoms with E-state index in [4.69, 9.17) is 0 Å². The fourth-order valence-electron chi connectivity index (χ4n) is 4.80. The van der Waals surface area contributed by atoms with E-state index in [1.54, 1.807) is 38.9 Å². The lowest BCUT2D eigenvalue weighted by Gasteiger charge is -2.36. The summed E-state index contributed by atoms with van der Waals surface area (Å²) in [6, 6.07) is 12.1. The van der Waals surface area contributed by atoms with Gasteiger partial charge in [-0.25, -0.2) is 13.9 Å². The van der Waals surface area contributed by atoms with E-state index in [9.17, 15) is 14.0 Å². The van der Waals surface area contributed by atoms with E-state index in [0.29, 0.717) is 18.8 Å². The summed E-state index contributed by atoms with van der Waals surface area (Å²) < 4.78 is 15.9. The number of carbonyl (C=O) groups excluding carboxylic acids is 2. The Morgan fingerprint density at radius 2 is 1.88 bits per heavy atom. The topological polar surface area (TPSA) is 61.7 Å². The number of likely N-dealkylation sites (tertiary alicyclic amines) is 1. The third kappa shape index (κ3) is 3.49. The summed E-state index contributed by atoms with van der Waals surface area (Å²) in [6.45, 7) is 4.05. The molecule has 8 heteroatoms. The molecule has 2 aromatic carbocycles. The Balaban J connectivity index is 1.43. The van der Waals surface area contributed by atoms with Gasteiger partial charge in [-0.2, -0.15) is 5.10 Å². The number of para-hydroxylation sites is 1. The van der Waals surface area contributed by atoms with Gasteiger partial charge >= 0.3 is 6.03 Å². The van der Waals surface area contributed by atoms with E-state index >= 15 is 0 Å². The number of fused-ring (bicyclic) bond motifs is 1. The number of rotatable bonds is 4. The highest BCUT2D eigenvalue weighted by Crippen LogP contribution is 2.31. The molecule has 0 spiro atoms. The highest BCUT2D eigenvalue weighted by atomic mass is 19.1. The summed E-state index contributed by atoms with van der Waals surface area (Å²) in [5.74, 6) is -0.353. The van der Waals surface area contributed by atoms with E-state index in [1.165, 1.54) is 6.07 Å². The lowest BCUT2D eigenvalue weighted by molar-refractivity contribution is -0.132. The summed E-state index contributed by atoms with van der Waals surface area (Å²) >= 11 is 0. The van der Waals surface area contributed by atoms with Crippen molar-refractivity contribution >= 4 is 28.5 Å². The number of amides is 3. The van der Waals surface area contributed by atoms with Crippen molar-refractivity contribution in [3.8, 4) is 5.69 Å². The third-order valence-corrected chi connectivity index (χ3v) is 6.47. The third-order valence-electron chi connectivity index (χ3n) is 6.47. The van der Waals surface area contributed by atoms with Gasteiger partial charge in [0.05, 0.1) is 17.4 Å². The first-order valence-corrected chi connectivity index (χ1v) is 11.1. The summed E-state index contributed by atoms with van der Waals surface area (Å²) in [5, 5.41) is 5.17. The number of nitrogens with zero attached hydrogens (tertiary/aromatic N) is 5. The molecule has 2 aliphatic heterocycles. The average molecular weight is 436 g/mol. The number of hydrogen-bond acceptors (Lipinski definition) is 3. The largest absolute Gasteiger partial charge is 0.338 e. The van der Waals surface area contributed by atoms with Crippen molar-refractivity contribution in [2.45, 2.75) is 32.2 Å². The zero-order valence-electron chi connectivity index (χ0n) is 18.1. The van der Waals surface area contributed by atoms with Crippen LogP contribution in [0.2, 0.25) is 0 Å². The number of aromatic nitrogens is 2. The number of halogens is 1. The highest BCUT2D eigenvalue weighted by Gasteiger charge is 2.32. The summed E-state index contributed by atoms with van der Waals surface area (Å²) in [7, 11) is 0. The van der Waals surface area contributed by atoms with Crippen LogP contribution in [-0.2, 0) is 4.79 Å². The molecule has 1 atom stereocenters. The van der Waals surface area contributed by atoms with E-state index in [2.05, 4.69) is 12.0 Å². The molecule has 0 aliphatic carbocycles. The molecule has 166 valence electrons. The van der Waals surface area contributed by atoms with Crippen LogP contribution >= 0.6 is 0 Å². The van der Waals surface area contributed by atoms with Crippen LogP contribution < -0.4 is 4.90 Å². The molecule has 1 aromatic heterocycles. The van der Waals surface area contributed by atoms with Crippen molar-refractivity contribution in [1.29, 1.82) is 0 Å². The lowest BCUT2D eigenvalue weighted by atomic mass is 10.1. The molecule has 0 N–H and O–H groups in total. The number of benzene rings is 2. The van der Waals surface area contributed by atoms with Crippen LogP contribution in [-0.4, -0.2) is 63.7 Å². The first-order valence-electron chi connectivity index (χ1n) is 11.1. The van der Waals surface area contributed by atoms with Crippen LogP contribution in [0.3, 0.4) is 0 Å². The fraction of sp³-hybridized carbons (Fsp3) is 0.375. The highest BCUT2D eigenvalue weighted by molar-refractivity contribution is 6.03. The predicted octanol–water partition coefficient (Wildman–Crippen LogP) is 3.81. The first kappa shape index (κ1) is 20.5. The normalized spacial score (nSPS) is 19.2. The summed E-state index contributed by atoms with van der Waals surface area (Å²) in [5.41, 5.74) is 1.80. The number of carbonyl (C=O) groups is 2. The molecule has 2 aliphatic rings. The zero-order chi connectivity index (χ0) is 22.2. The summed E-state index contributed by atoms with van der Waals surface area (Å²) in [4.78, 5) is 31.3. The SMILES string of the molecule is C[C@H]1CCCN1C(=O)CN1CCCN(c2cccc3c2cnn3-c2ccccc2F)C1=O. The molecule has 32 heavy (non-hydrogen) atoms. The van der Waals surface area contributed by atoms with Crippen LogP contribution in [0.1, 0.15) is 26.2 Å². The van der Waals surface area contributed by atoms with Gasteiger partial charge in [0.15, 0.2) is 0 Å². The zero-order valence-corrected chi connectivity index (χ0v) is 18.1. The lowest BCUT2D eigenvalue weighted by Crippen LogP contribution is -2.53. The maximum absolute atomic E-state index is 14.4. The first-order chi connectivity index (χ1) is 15.5. The molecule has 3 amide bonds. The molecule has 0 saturated carbocycles. The van der Waals surface area contributed by atoms with E-state index < -0.39 is 0 Å². The molecule has 0 radical (unpaired) electrons. The monoisotopic (exact) mass is 435 g/mol. The Morgan fingerprint density at radius 3 is 2.66 bits per heavy atom. The second kappa shape index (κ2) is 8.26. The maximum Gasteiger partial charge on any atom is 0.324 e. The van der Waals surface area contributed by atoms with Crippen molar-refractivity contribution in [2.75, 3.05) is 31.1 Å². The summed E-state index contributed by atoms with van der Waals surface area (Å²) in [6.07, 6.45) is 4.47. The number of hydrogen-bond donors (Lipinski definition) is 0. The minimum absolute atomic E-state index is 0.00998. The molecular formula is C24H26FN5O2. The molecule has 5 rings (SSSR count). The van der Waals surface area contributed by atoms with Crippen LogP contribution in [0.15, 0.2) is 48.7 Å². The van der Waals surface area contributed by atoms with Crippen molar-refractivity contribution in [3.05, 3.63) is 54.5 Å². The van der Waals surface area contributed by atoms with Crippen molar-refractivity contribution in [2.24, 2.45) is 0 Å².